The minimum atomic E-state index is -0.339. The molecule has 1 saturated carbocycles. The van der Waals surface area contributed by atoms with Gasteiger partial charge >= 0.3 is 0 Å². The quantitative estimate of drug-likeness (QED) is 0.482. The first kappa shape index (κ1) is 23.0. The number of ether oxygens (including phenoxy) is 1. The number of halogens is 1. The number of hydrogen-bond acceptors (Lipinski definition) is 4. The highest BCUT2D eigenvalue weighted by atomic mass is 19.1. The number of fused-ring (bicyclic) bond motifs is 1. The number of hydrogen-bond donors (Lipinski definition) is 0. The Hall–Kier alpha value is -2.73. The maximum Gasteiger partial charge on any atom is 0.261 e. The van der Waals surface area contributed by atoms with E-state index in [4.69, 9.17) is 9.72 Å². The lowest BCUT2D eigenvalue weighted by molar-refractivity contribution is 0.119. The van der Waals surface area contributed by atoms with Crippen molar-refractivity contribution in [3.05, 3.63) is 58.4 Å². The van der Waals surface area contributed by atoms with Crippen LogP contribution in [0.1, 0.15) is 64.7 Å². The van der Waals surface area contributed by atoms with E-state index in [-0.39, 0.29) is 28.8 Å². The summed E-state index contributed by atoms with van der Waals surface area (Å²) in [5.41, 5.74) is 2.24. The zero-order valence-electron chi connectivity index (χ0n) is 20.8. The zero-order chi connectivity index (χ0) is 24.2. The molecule has 0 radical (unpaired) electrons. The predicted molar refractivity (Wildman–Crippen MR) is 134 cm³/mol. The second kappa shape index (κ2) is 8.49. The monoisotopic (exact) mass is 463 g/mol. The molecule has 3 aromatic rings. The summed E-state index contributed by atoms with van der Waals surface area (Å²) in [6.07, 6.45) is 3.36. The first-order chi connectivity index (χ1) is 16.2. The van der Waals surface area contributed by atoms with Gasteiger partial charge in [-0.2, -0.15) is 0 Å². The molecule has 2 fully saturated rings. The number of methoxy groups -OCH3 is 1. The first-order valence-electron chi connectivity index (χ1n) is 12.4. The molecule has 5 nitrogen and oxygen atoms in total. The average molecular weight is 464 g/mol. The lowest BCUT2D eigenvalue weighted by Gasteiger charge is -2.36. The fraction of sp³-hybridized carbons (Fsp3) is 0.500. The van der Waals surface area contributed by atoms with E-state index in [0.29, 0.717) is 28.3 Å². The van der Waals surface area contributed by atoms with E-state index in [1.807, 2.05) is 22.8 Å². The molecule has 0 bridgehead atoms. The molecular weight excluding hydrogens is 429 g/mol. The molecule has 1 saturated heterocycles. The molecule has 5 rings (SSSR count). The van der Waals surface area contributed by atoms with Crippen molar-refractivity contribution >= 4 is 10.9 Å². The Labute approximate surface area is 200 Å². The largest absolute Gasteiger partial charge is 0.496 e. The van der Waals surface area contributed by atoms with Crippen LogP contribution in [0.25, 0.3) is 22.0 Å². The number of piperidine rings is 1. The van der Waals surface area contributed by atoms with Gasteiger partial charge in [0.1, 0.15) is 17.4 Å². The lowest BCUT2D eigenvalue weighted by atomic mass is 9.93. The topological polar surface area (TPSA) is 47.4 Å². The van der Waals surface area contributed by atoms with Gasteiger partial charge in [0.25, 0.3) is 5.56 Å². The van der Waals surface area contributed by atoms with Gasteiger partial charge in [-0.3, -0.25) is 9.36 Å². The van der Waals surface area contributed by atoms with Crippen molar-refractivity contribution in [2.24, 2.45) is 5.41 Å². The first-order valence-corrected chi connectivity index (χ1v) is 12.4. The van der Waals surface area contributed by atoms with Crippen LogP contribution >= 0.6 is 0 Å². The van der Waals surface area contributed by atoms with Gasteiger partial charge in [0.15, 0.2) is 0 Å². The average Bonchev–Trinajstić information content (AvgIpc) is 3.49. The van der Waals surface area contributed by atoms with Crippen LogP contribution in [0, 0.1) is 11.2 Å². The molecule has 0 amide bonds. The standard InChI is InChI=1S/C28H34FN3O2/c1-17(2)26-30-23-9-7-19(21-14-20(29)8-10-24(21)34-5)13-22(23)27(33)32(26)25-15-28(25)11-6-12-31(16-28)18(3)4/h7-10,13-14,17-18,25H,6,11-12,15-16H2,1-5H3/t25-,28-/m0/s1. The third-order valence-electron chi connectivity index (χ3n) is 7.74. The molecule has 180 valence electrons. The Morgan fingerprint density at radius 1 is 1.15 bits per heavy atom. The molecule has 1 spiro atoms. The molecule has 2 atom stereocenters. The highest BCUT2D eigenvalue weighted by molar-refractivity contribution is 5.85. The third-order valence-corrected chi connectivity index (χ3v) is 7.74. The summed E-state index contributed by atoms with van der Waals surface area (Å²) in [4.78, 5) is 21.5. The molecule has 2 aromatic carbocycles. The fourth-order valence-corrected chi connectivity index (χ4v) is 5.77. The Bertz CT molecular complexity index is 1300. The van der Waals surface area contributed by atoms with Crippen molar-refractivity contribution < 1.29 is 9.13 Å². The molecule has 1 aliphatic carbocycles. The Morgan fingerprint density at radius 3 is 2.65 bits per heavy atom. The minimum Gasteiger partial charge on any atom is -0.496 e. The molecule has 2 aliphatic rings. The smallest absolute Gasteiger partial charge is 0.261 e. The van der Waals surface area contributed by atoms with Gasteiger partial charge in [-0.15, -0.1) is 0 Å². The van der Waals surface area contributed by atoms with E-state index in [2.05, 4.69) is 32.6 Å². The van der Waals surface area contributed by atoms with Crippen molar-refractivity contribution in [1.82, 2.24) is 14.5 Å². The van der Waals surface area contributed by atoms with Crippen LogP contribution in [0.5, 0.6) is 5.75 Å². The van der Waals surface area contributed by atoms with E-state index in [0.717, 1.165) is 37.3 Å². The van der Waals surface area contributed by atoms with Crippen molar-refractivity contribution in [2.75, 3.05) is 20.2 Å². The molecule has 0 unspecified atom stereocenters. The van der Waals surface area contributed by atoms with Crippen LogP contribution in [-0.2, 0) is 0 Å². The van der Waals surface area contributed by atoms with Gasteiger partial charge in [0.05, 0.1) is 18.0 Å². The highest BCUT2D eigenvalue weighted by Gasteiger charge is 2.58. The van der Waals surface area contributed by atoms with Crippen LogP contribution in [-0.4, -0.2) is 40.7 Å². The van der Waals surface area contributed by atoms with Gasteiger partial charge < -0.3 is 9.64 Å². The molecule has 1 aromatic heterocycles. The van der Waals surface area contributed by atoms with Crippen LogP contribution < -0.4 is 10.3 Å². The second-order valence-electron chi connectivity index (χ2n) is 10.6. The predicted octanol–water partition coefficient (Wildman–Crippen LogP) is 5.77. The van der Waals surface area contributed by atoms with Crippen LogP contribution in [0.2, 0.25) is 0 Å². The van der Waals surface area contributed by atoms with Gasteiger partial charge in [0.2, 0.25) is 0 Å². The van der Waals surface area contributed by atoms with E-state index < -0.39 is 0 Å². The summed E-state index contributed by atoms with van der Waals surface area (Å²) in [6.45, 7) is 10.9. The lowest BCUT2D eigenvalue weighted by Crippen LogP contribution is -2.42. The SMILES string of the molecule is COc1ccc(F)cc1-c1ccc2nc(C(C)C)n([C@H]3C[C@]34CCCN(C(C)C)C4)c(=O)c2c1. The molecule has 6 heteroatoms. The minimum absolute atomic E-state index is 0.00876. The van der Waals surface area contributed by atoms with Crippen LogP contribution in [0.4, 0.5) is 4.39 Å². The van der Waals surface area contributed by atoms with Crippen molar-refractivity contribution in [1.29, 1.82) is 0 Å². The third kappa shape index (κ3) is 3.82. The van der Waals surface area contributed by atoms with Gasteiger partial charge in [-0.05, 0) is 75.5 Å². The maximum absolute atomic E-state index is 14.0. The summed E-state index contributed by atoms with van der Waals surface area (Å²) in [5, 5.41) is 0.576. The Balaban J connectivity index is 1.63. The van der Waals surface area contributed by atoms with Crippen molar-refractivity contribution in [3.63, 3.8) is 0 Å². The second-order valence-corrected chi connectivity index (χ2v) is 10.6. The van der Waals surface area contributed by atoms with E-state index in [1.54, 1.807) is 13.2 Å². The molecule has 1 aliphatic heterocycles. The van der Waals surface area contributed by atoms with Gasteiger partial charge in [-0.25, -0.2) is 9.37 Å². The maximum atomic E-state index is 14.0. The number of rotatable bonds is 5. The molecule has 0 N–H and O–H groups in total. The summed E-state index contributed by atoms with van der Waals surface area (Å²) in [6, 6.07) is 10.7. The van der Waals surface area contributed by atoms with Crippen molar-refractivity contribution in [2.45, 2.75) is 65.0 Å². The number of aromatic nitrogens is 2. The normalized spacial score (nSPS) is 22.8. The van der Waals surface area contributed by atoms with E-state index >= 15 is 0 Å². The van der Waals surface area contributed by atoms with E-state index in [9.17, 15) is 9.18 Å². The van der Waals surface area contributed by atoms with Crippen LogP contribution in [0.15, 0.2) is 41.2 Å². The number of likely N-dealkylation sites (tertiary alicyclic amines) is 1. The van der Waals surface area contributed by atoms with E-state index in [1.165, 1.54) is 18.6 Å². The summed E-state index contributed by atoms with van der Waals surface area (Å²) in [5.74, 6) is 1.23. The Kier molecular flexibility index (Phi) is 5.75. The highest BCUT2D eigenvalue weighted by Crippen LogP contribution is 2.61. The fourth-order valence-electron chi connectivity index (χ4n) is 5.77. The number of nitrogens with zero attached hydrogens (tertiary/aromatic N) is 3. The van der Waals surface area contributed by atoms with Gasteiger partial charge in [-0.1, -0.05) is 19.9 Å². The summed E-state index contributed by atoms with van der Waals surface area (Å²) in [7, 11) is 1.57. The molecule has 2 heterocycles. The molecular formula is C28H34FN3O2. The summed E-state index contributed by atoms with van der Waals surface area (Å²) < 4.78 is 21.5. The zero-order valence-corrected chi connectivity index (χ0v) is 20.8. The number of benzene rings is 2. The molecule has 34 heavy (non-hydrogen) atoms. The van der Waals surface area contributed by atoms with Gasteiger partial charge in [0, 0.05) is 35.5 Å². The summed E-state index contributed by atoms with van der Waals surface area (Å²) >= 11 is 0. The Morgan fingerprint density at radius 2 is 1.94 bits per heavy atom. The van der Waals surface area contributed by atoms with Crippen LogP contribution in [0.3, 0.4) is 0 Å². The van der Waals surface area contributed by atoms with Crippen molar-refractivity contribution in [3.8, 4) is 16.9 Å².